The third kappa shape index (κ3) is 3.28. The number of amides is 1. The number of H-pyrrole nitrogens is 1. The molecule has 0 radical (unpaired) electrons. The number of carbonyl (C=O) groups is 1. The number of likely N-dealkylation sites (tertiary alicyclic amines) is 1. The lowest BCUT2D eigenvalue weighted by atomic mass is 9.97. The Bertz CT molecular complexity index is 1020. The number of nitrogens with zero attached hydrogens (tertiary/aromatic N) is 2. The Balaban J connectivity index is 1.28. The van der Waals surface area contributed by atoms with E-state index in [4.69, 9.17) is 9.72 Å². The van der Waals surface area contributed by atoms with Gasteiger partial charge in [0.05, 0.1) is 17.6 Å². The van der Waals surface area contributed by atoms with Crippen molar-refractivity contribution in [3.63, 3.8) is 0 Å². The number of fused-ring (bicyclic) bond motifs is 2. The van der Waals surface area contributed by atoms with Gasteiger partial charge in [-0.25, -0.2) is 4.98 Å². The molecule has 5 rings (SSSR count). The first-order chi connectivity index (χ1) is 13.8. The van der Waals surface area contributed by atoms with Crippen LogP contribution < -0.4 is 4.74 Å². The highest BCUT2D eigenvalue weighted by atomic mass is 16.5. The summed E-state index contributed by atoms with van der Waals surface area (Å²) < 4.78 is 5.54. The van der Waals surface area contributed by atoms with E-state index in [1.54, 1.807) is 6.08 Å². The largest absolute Gasteiger partial charge is 0.493 e. The van der Waals surface area contributed by atoms with Crippen molar-refractivity contribution in [3.05, 3.63) is 65.5 Å². The van der Waals surface area contributed by atoms with Gasteiger partial charge >= 0.3 is 0 Å². The fourth-order valence-corrected chi connectivity index (χ4v) is 4.15. The number of carbonyl (C=O) groups excluding carboxylic acids is 1. The van der Waals surface area contributed by atoms with Gasteiger partial charge < -0.3 is 14.6 Å². The van der Waals surface area contributed by atoms with Gasteiger partial charge in [-0.3, -0.25) is 4.79 Å². The second kappa shape index (κ2) is 7.15. The molecule has 2 aliphatic rings. The molecule has 0 aliphatic carbocycles. The molecule has 5 nitrogen and oxygen atoms in total. The van der Waals surface area contributed by atoms with Crippen LogP contribution in [0.4, 0.5) is 0 Å². The molecule has 3 heterocycles. The summed E-state index contributed by atoms with van der Waals surface area (Å²) in [6.45, 7) is 2.26. The van der Waals surface area contributed by atoms with Crippen molar-refractivity contribution in [2.24, 2.45) is 0 Å². The highest BCUT2D eigenvalue weighted by Gasteiger charge is 2.25. The SMILES string of the molecule is O=C(/C=C/c1ccc2c(c1)CCO2)N1CCCC(c2nc3ccccc3[nH]2)C1. The number of ether oxygens (including phenoxy) is 1. The number of para-hydroxylation sites is 2. The van der Waals surface area contributed by atoms with Crippen LogP contribution in [0.3, 0.4) is 0 Å². The minimum atomic E-state index is 0.0672. The zero-order chi connectivity index (χ0) is 18.9. The summed E-state index contributed by atoms with van der Waals surface area (Å²) in [6.07, 6.45) is 6.59. The van der Waals surface area contributed by atoms with Crippen molar-refractivity contribution < 1.29 is 9.53 Å². The molecule has 0 saturated carbocycles. The number of piperidine rings is 1. The maximum Gasteiger partial charge on any atom is 0.246 e. The number of hydrogen-bond acceptors (Lipinski definition) is 3. The van der Waals surface area contributed by atoms with Crippen LogP contribution >= 0.6 is 0 Å². The zero-order valence-corrected chi connectivity index (χ0v) is 15.7. The molecule has 1 fully saturated rings. The lowest BCUT2D eigenvalue weighted by Crippen LogP contribution is -2.38. The minimum absolute atomic E-state index is 0.0672. The lowest BCUT2D eigenvalue weighted by molar-refractivity contribution is -0.127. The Morgan fingerprint density at radius 3 is 3.11 bits per heavy atom. The predicted molar refractivity (Wildman–Crippen MR) is 109 cm³/mol. The first-order valence-electron chi connectivity index (χ1n) is 9.93. The predicted octanol–water partition coefficient (Wildman–Crippen LogP) is 3.92. The second-order valence-electron chi connectivity index (χ2n) is 7.56. The van der Waals surface area contributed by atoms with Crippen LogP contribution in [0, 0.1) is 0 Å². The molecule has 0 bridgehead atoms. The van der Waals surface area contributed by atoms with E-state index in [0.717, 1.165) is 60.6 Å². The van der Waals surface area contributed by atoms with Crippen LogP contribution in [0.25, 0.3) is 17.1 Å². The Labute approximate surface area is 164 Å². The maximum absolute atomic E-state index is 12.7. The first kappa shape index (κ1) is 17.0. The minimum Gasteiger partial charge on any atom is -0.493 e. The van der Waals surface area contributed by atoms with Gasteiger partial charge in [0.2, 0.25) is 5.91 Å². The summed E-state index contributed by atoms with van der Waals surface area (Å²) in [5.74, 6) is 2.28. The Kier molecular flexibility index (Phi) is 4.35. The number of imidazole rings is 1. The van der Waals surface area contributed by atoms with Crippen LogP contribution in [0.5, 0.6) is 5.75 Å². The van der Waals surface area contributed by atoms with Crippen molar-refractivity contribution in [3.8, 4) is 5.75 Å². The molecule has 2 aliphatic heterocycles. The smallest absolute Gasteiger partial charge is 0.246 e. The average molecular weight is 373 g/mol. The summed E-state index contributed by atoms with van der Waals surface area (Å²) in [6, 6.07) is 14.2. The number of aromatic nitrogens is 2. The monoisotopic (exact) mass is 373 g/mol. The van der Waals surface area contributed by atoms with Gasteiger partial charge in [-0.05, 0) is 54.3 Å². The van der Waals surface area contributed by atoms with Crippen LogP contribution in [-0.2, 0) is 11.2 Å². The van der Waals surface area contributed by atoms with Crippen molar-refractivity contribution in [1.82, 2.24) is 14.9 Å². The zero-order valence-electron chi connectivity index (χ0n) is 15.7. The number of nitrogens with one attached hydrogen (secondary N) is 1. The van der Waals surface area contributed by atoms with E-state index in [9.17, 15) is 4.79 Å². The van der Waals surface area contributed by atoms with E-state index in [1.165, 1.54) is 5.56 Å². The Hall–Kier alpha value is -3.08. The van der Waals surface area contributed by atoms with Gasteiger partial charge in [0, 0.05) is 31.5 Å². The molecule has 142 valence electrons. The normalized spacial score (nSPS) is 19.1. The molecule has 3 aromatic rings. The number of hydrogen-bond donors (Lipinski definition) is 1. The van der Waals surface area contributed by atoms with Gasteiger partial charge in [-0.1, -0.05) is 18.2 Å². The molecule has 1 atom stereocenters. The number of rotatable bonds is 3. The molecule has 1 aromatic heterocycles. The van der Waals surface area contributed by atoms with Crippen LogP contribution in [-0.4, -0.2) is 40.5 Å². The Morgan fingerprint density at radius 2 is 2.18 bits per heavy atom. The van der Waals surface area contributed by atoms with E-state index in [1.807, 2.05) is 47.4 Å². The first-order valence-corrected chi connectivity index (χ1v) is 9.93. The molecule has 28 heavy (non-hydrogen) atoms. The molecule has 0 spiro atoms. The van der Waals surface area contributed by atoms with Crippen LogP contribution in [0.1, 0.15) is 35.7 Å². The molecular weight excluding hydrogens is 350 g/mol. The van der Waals surface area contributed by atoms with Gasteiger partial charge in [-0.2, -0.15) is 0 Å². The fourth-order valence-electron chi connectivity index (χ4n) is 4.15. The van der Waals surface area contributed by atoms with E-state index >= 15 is 0 Å². The van der Waals surface area contributed by atoms with Crippen molar-refractivity contribution in [2.75, 3.05) is 19.7 Å². The highest BCUT2D eigenvalue weighted by Crippen LogP contribution is 2.28. The summed E-state index contributed by atoms with van der Waals surface area (Å²) in [5.41, 5.74) is 4.31. The van der Waals surface area contributed by atoms with Gasteiger partial charge in [0.15, 0.2) is 0 Å². The third-order valence-electron chi connectivity index (χ3n) is 5.66. The fraction of sp³-hybridized carbons (Fsp3) is 0.304. The summed E-state index contributed by atoms with van der Waals surface area (Å²) in [4.78, 5) is 22.8. The number of benzene rings is 2. The molecular formula is C23H23N3O2. The molecule has 1 amide bonds. The maximum atomic E-state index is 12.7. The van der Waals surface area contributed by atoms with Crippen LogP contribution in [0.2, 0.25) is 0 Å². The van der Waals surface area contributed by atoms with Crippen molar-refractivity contribution in [2.45, 2.75) is 25.2 Å². The van der Waals surface area contributed by atoms with E-state index in [0.29, 0.717) is 6.54 Å². The summed E-state index contributed by atoms with van der Waals surface area (Å²) in [7, 11) is 0. The lowest BCUT2D eigenvalue weighted by Gasteiger charge is -2.31. The van der Waals surface area contributed by atoms with Gasteiger partial charge in [-0.15, -0.1) is 0 Å². The van der Waals surface area contributed by atoms with E-state index in [2.05, 4.69) is 11.1 Å². The van der Waals surface area contributed by atoms with E-state index in [-0.39, 0.29) is 11.8 Å². The second-order valence-corrected chi connectivity index (χ2v) is 7.56. The molecule has 1 N–H and O–H groups in total. The van der Waals surface area contributed by atoms with Gasteiger partial charge in [0.25, 0.3) is 0 Å². The molecule has 1 saturated heterocycles. The van der Waals surface area contributed by atoms with Crippen molar-refractivity contribution >= 4 is 23.0 Å². The topological polar surface area (TPSA) is 58.2 Å². The van der Waals surface area contributed by atoms with Gasteiger partial charge in [0.1, 0.15) is 11.6 Å². The van der Waals surface area contributed by atoms with Crippen LogP contribution in [0.15, 0.2) is 48.5 Å². The van der Waals surface area contributed by atoms with E-state index < -0.39 is 0 Å². The third-order valence-corrected chi connectivity index (χ3v) is 5.66. The summed E-state index contributed by atoms with van der Waals surface area (Å²) in [5, 5.41) is 0. The quantitative estimate of drug-likeness (QED) is 0.708. The molecule has 5 heteroatoms. The number of aromatic amines is 1. The standard InChI is InChI=1S/C23H23N3O2/c27-22(10-8-16-7-9-21-17(14-16)11-13-28-21)26-12-3-4-18(15-26)23-24-19-5-1-2-6-20(19)25-23/h1-2,5-10,14,18H,3-4,11-13,15H2,(H,24,25)/b10-8+. The molecule has 2 aromatic carbocycles. The summed E-state index contributed by atoms with van der Waals surface area (Å²) >= 11 is 0. The highest BCUT2D eigenvalue weighted by molar-refractivity contribution is 5.92. The van der Waals surface area contributed by atoms with Crippen molar-refractivity contribution in [1.29, 1.82) is 0 Å². The Morgan fingerprint density at radius 1 is 1.25 bits per heavy atom. The molecule has 1 unspecified atom stereocenters. The average Bonchev–Trinajstić information content (AvgIpc) is 3.38.